The minimum atomic E-state index is -0.965. The number of benzene rings is 1. The predicted molar refractivity (Wildman–Crippen MR) is 71.9 cm³/mol. The minimum absolute atomic E-state index is 0.0186. The van der Waals surface area contributed by atoms with E-state index in [1.165, 1.54) is 7.11 Å². The summed E-state index contributed by atoms with van der Waals surface area (Å²) in [6.07, 6.45) is 2.90. The van der Waals surface area contributed by atoms with Gasteiger partial charge >= 0.3 is 5.97 Å². The lowest BCUT2D eigenvalue weighted by Crippen LogP contribution is -2.33. The Bertz CT molecular complexity index is 513. The third-order valence-electron chi connectivity index (χ3n) is 4.35. The monoisotopic (exact) mass is 264 g/mol. The Morgan fingerprint density at radius 2 is 1.89 bits per heavy atom. The first-order valence-corrected chi connectivity index (χ1v) is 6.55. The maximum atomic E-state index is 11.8. The van der Waals surface area contributed by atoms with Gasteiger partial charge < -0.3 is 14.9 Å². The standard InChI is InChI=1S/C15H20O4/c1-9-8-11(19-3)13(16)12(10(9)2)15(14(17)18)6-4-5-7-15/h8,16H,4-7H2,1-3H3,(H,17,18). The molecular weight excluding hydrogens is 244 g/mol. The molecule has 104 valence electrons. The van der Waals surface area contributed by atoms with Gasteiger partial charge in [-0.3, -0.25) is 4.79 Å². The first kappa shape index (κ1) is 13.7. The molecule has 1 aromatic carbocycles. The Labute approximate surface area is 113 Å². The Balaban J connectivity index is 2.73. The van der Waals surface area contributed by atoms with Crippen LogP contribution in [0.3, 0.4) is 0 Å². The summed E-state index contributed by atoms with van der Waals surface area (Å²) in [5, 5.41) is 20.0. The van der Waals surface area contributed by atoms with Crippen molar-refractivity contribution in [1.82, 2.24) is 0 Å². The third-order valence-corrected chi connectivity index (χ3v) is 4.35. The van der Waals surface area contributed by atoms with Gasteiger partial charge in [0.2, 0.25) is 0 Å². The van der Waals surface area contributed by atoms with Crippen molar-refractivity contribution in [3.05, 3.63) is 22.8 Å². The number of aliphatic carboxylic acids is 1. The number of hydrogen-bond acceptors (Lipinski definition) is 3. The Hall–Kier alpha value is -1.71. The minimum Gasteiger partial charge on any atom is -0.504 e. The highest BCUT2D eigenvalue weighted by molar-refractivity contribution is 5.84. The molecule has 19 heavy (non-hydrogen) atoms. The van der Waals surface area contributed by atoms with Gasteiger partial charge in [0.15, 0.2) is 11.5 Å². The molecule has 0 aromatic heterocycles. The number of carboxylic acid groups (broad SMARTS) is 1. The number of rotatable bonds is 3. The molecule has 1 aliphatic carbocycles. The van der Waals surface area contributed by atoms with Crippen LogP contribution in [0.4, 0.5) is 0 Å². The van der Waals surface area contributed by atoms with Crippen LogP contribution in [0.15, 0.2) is 6.07 Å². The number of methoxy groups -OCH3 is 1. The van der Waals surface area contributed by atoms with Crippen molar-refractivity contribution in [1.29, 1.82) is 0 Å². The van der Waals surface area contributed by atoms with E-state index in [-0.39, 0.29) is 5.75 Å². The van der Waals surface area contributed by atoms with Crippen LogP contribution in [-0.4, -0.2) is 23.3 Å². The number of carbonyl (C=O) groups is 1. The Morgan fingerprint density at radius 3 is 2.37 bits per heavy atom. The fraction of sp³-hybridized carbons (Fsp3) is 0.533. The summed E-state index contributed by atoms with van der Waals surface area (Å²) >= 11 is 0. The van der Waals surface area contributed by atoms with Crippen molar-refractivity contribution in [2.45, 2.75) is 44.9 Å². The molecule has 0 atom stereocenters. The highest BCUT2D eigenvalue weighted by atomic mass is 16.5. The van der Waals surface area contributed by atoms with E-state index < -0.39 is 11.4 Å². The summed E-state index contributed by atoms with van der Waals surface area (Å²) in [5.74, 6) is -0.517. The molecule has 4 heteroatoms. The van der Waals surface area contributed by atoms with Gasteiger partial charge in [0.1, 0.15) is 0 Å². The molecule has 0 heterocycles. The smallest absolute Gasteiger partial charge is 0.314 e. The average molecular weight is 264 g/mol. The summed E-state index contributed by atoms with van der Waals surface area (Å²) < 4.78 is 5.16. The lowest BCUT2D eigenvalue weighted by Gasteiger charge is -2.28. The zero-order valence-electron chi connectivity index (χ0n) is 11.6. The van der Waals surface area contributed by atoms with Gasteiger partial charge in [0.25, 0.3) is 0 Å². The molecule has 0 unspecified atom stereocenters. The zero-order chi connectivity index (χ0) is 14.2. The number of hydrogen-bond donors (Lipinski definition) is 2. The normalized spacial score (nSPS) is 17.4. The fourth-order valence-electron chi connectivity index (χ4n) is 3.16. The van der Waals surface area contributed by atoms with Crippen molar-refractivity contribution in [2.75, 3.05) is 7.11 Å². The van der Waals surface area contributed by atoms with Crippen LogP contribution in [0.2, 0.25) is 0 Å². The van der Waals surface area contributed by atoms with E-state index in [9.17, 15) is 15.0 Å². The Morgan fingerprint density at radius 1 is 1.32 bits per heavy atom. The second-order valence-corrected chi connectivity index (χ2v) is 5.34. The van der Waals surface area contributed by atoms with Crippen LogP contribution in [0, 0.1) is 13.8 Å². The van der Waals surface area contributed by atoms with Gasteiger partial charge in [-0.15, -0.1) is 0 Å². The molecule has 0 saturated heterocycles. The largest absolute Gasteiger partial charge is 0.504 e. The van der Waals surface area contributed by atoms with Gasteiger partial charge in [-0.05, 0) is 43.9 Å². The van der Waals surface area contributed by atoms with E-state index in [0.29, 0.717) is 24.2 Å². The number of carboxylic acids is 1. The van der Waals surface area contributed by atoms with E-state index in [1.54, 1.807) is 6.07 Å². The summed E-state index contributed by atoms with van der Waals surface area (Å²) in [7, 11) is 1.48. The van der Waals surface area contributed by atoms with Gasteiger partial charge in [-0.25, -0.2) is 0 Å². The number of aromatic hydroxyl groups is 1. The molecule has 0 bridgehead atoms. The lowest BCUT2D eigenvalue weighted by atomic mass is 9.75. The molecule has 1 aliphatic rings. The van der Waals surface area contributed by atoms with E-state index in [1.807, 2.05) is 13.8 Å². The lowest BCUT2D eigenvalue weighted by molar-refractivity contribution is -0.143. The summed E-state index contributed by atoms with van der Waals surface area (Å²) in [4.78, 5) is 11.8. The van der Waals surface area contributed by atoms with Crippen LogP contribution in [0.5, 0.6) is 11.5 Å². The van der Waals surface area contributed by atoms with Crippen molar-refractivity contribution in [3.63, 3.8) is 0 Å². The molecule has 0 aliphatic heterocycles. The molecule has 0 radical (unpaired) electrons. The summed E-state index contributed by atoms with van der Waals surface area (Å²) in [6, 6.07) is 1.75. The van der Waals surface area contributed by atoms with Crippen LogP contribution in [-0.2, 0) is 10.2 Å². The maximum Gasteiger partial charge on any atom is 0.314 e. The second-order valence-electron chi connectivity index (χ2n) is 5.34. The van der Waals surface area contributed by atoms with E-state index in [2.05, 4.69) is 0 Å². The molecule has 1 aromatic rings. The summed E-state index contributed by atoms with van der Waals surface area (Å²) in [5.41, 5.74) is 1.36. The van der Waals surface area contributed by atoms with Crippen molar-refractivity contribution in [2.24, 2.45) is 0 Å². The molecule has 2 rings (SSSR count). The molecular formula is C15H20O4. The first-order chi connectivity index (χ1) is 8.94. The Kier molecular flexibility index (Phi) is 3.43. The topological polar surface area (TPSA) is 66.8 Å². The van der Waals surface area contributed by atoms with Crippen LogP contribution in [0.1, 0.15) is 42.4 Å². The average Bonchev–Trinajstić information content (AvgIpc) is 2.84. The van der Waals surface area contributed by atoms with Crippen LogP contribution in [0.25, 0.3) is 0 Å². The number of aryl methyl sites for hydroxylation is 1. The third kappa shape index (κ3) is 1.95. The van der Waals surface area contributed by atoms with Gasteiger partial charge in [0, 0.05) is 5.56 Å². The van der Waals surface area contributed by atoms with E-state index in [4.69, 9.17) is 4.74 Å². The molecule has 0 spiro atoms. The number of phenolic OH excluding ortho intramolecular Hbond substituents is 1. The number of ether oxygens (including phenoxy) is 1. The highest BCUT2D eigenvalue weighted by Crippen LogP contribution is 2.49. The van der Waals surface area contributed by atoms with Gasteiger partial charge in [-0.1, -0.05) is 12.8 Å². The first-order valence-electron chi connectivity index (χ1n) is 6.55. The molecule has 0 amide bonds. The highest BCUT2D eigenvalue weighted by Gasteiger charge is 2.46. The van der Waals surface area contributed by atoms with Crippen LogP contribution >= 0.6 is 0 Å². The predicted octanol–water partition coefficient (Wildman–Crippen LogP) is 2.91. The molecule has 4 nitrogen and oxygen atoms in total. The van der Waals surface area contributed by atoms with E-state index >= 15 is 0 Å². The van der Waals surface area contributed by atoms with Crippen molar-refractivity contribution >= 4 is 5.97 Å². The number of phenols is 1. The van der Waals surface area contributed by atoms with Gasteiger partial charge in [0.05, 0.1) is 12.5 Å². The molecule has 2 N–H and O–H groups in total. The quantitative estimate of drug-likeness (QED) is 0.881. The van der Waals surface area contributed by atoms with E-state index in [0.717, 1.165) is 24.0 Å². The van der Waals surface area contributed by atoms with Crippen molar-refractivity contribution < 1.29 is 19.7 Å². The molecule has 1 saturated carbocycles. The maximum absolute atomic E-state index is 11.8. The van der Waals surface area contributed by atoms with Gasteiger partial charge in [-0.2, -0.15) is 0 Å². The van der Waals surface area contributed by atoms with Crippen molar-refractivity contribution in [3.8, 4) is 11.5 Å². The zero-order valence-corrected chi connectivity index (χ0v) is 11.6. The second kappa shape index (κ2) is 4.76. The SMILES string of the molecule is COc1cc(C)c(C)c(C2(C(=O)O)CCCC2)c1O. The summed E-state index contributed by atoms with van der Waals surface area (Å²) in [6.45, 7) is 3.78. The molecule has 1 fully saturated rings. The van der Waals surface area contributed by atoms with Crippen LogP contribution < -0.4 is 4.74 Å². The fourth-order valence-corrected chi connectivity index (χ4v) is 3.16.